The number of nitrogens with zero attached hydrogens (tertiary/aromatic N) is 2. The minimum atomic E-state index is 0.576. The molecule has 0 aliphatic rings. The van der Waals surface area contributed by atoms with Crippen LogP contribution in [-0.4, -0.2) is 4.57 Å². The molecule has 1 unspecified atom stereocenters. The van der Waals surface area contributed by atoms with Crippen molar-refractivity contribution in [3.63, 3.8) is 0 Å². The Hall–Kier alpha value is -5.86. The van der Waals surface area contributed by atoms with E-state index in [2.05, 4.69) is 199 Å². The van der Waals surface area contributed by atoms with E-state index in [9.17, 15) is 0 Å². The van der Waals surface area contributed by atoms with Crippen LogP contribution >= 0.6 is 0 Å². The first-order valence-electron chi connectivity index (χ1n) is 16.9. The Morgan fingerprint density at radius 2 is 0.958 bits per heavy atom. The van der Waals surface area contributed by atoms with Gasteiger partial charge < -0.3 is 9.47 Å². The smallest absolute Gasteiger partial charge is 0.0542 e. The van der Waals surface area contributed by atoms with Crippen LogP contribution in [0.3, 0.4) is 0 Å². The SMILES string of the molecule is CCC(C)c1ccc(-c2ccc(N(c3ccccc3)c3ccc4c(c3)c3ccccc3n4-c3ccc(-c4ccccc4)cc3)cc2)cc1. The standard InChI is InChI=1S/C46H38N2/c1-3-33(2)34-18-20-36(21-19-34)38-22-26-40(27-23-38)47(39-14-8-5-9-15-39)42-30-31-46-44(32-42)43-16-10-11-17-45(43)48(46)41-28-24-37(25-29-41)35-12-6-4-7-13-35/h4-33H,3H2,1-2H3. The highest BCUT2D eigenvalue weighted by Crippen LogP contribution is 2.40. The van der Waals surface area contributed by atoms with Gasteiger partial charge in [-0.15, -0.1) is 0 Å². The molecule has 1 aromatic heterocycles. The van der Waals surface area contributed by atoms with E-state index in [-0.39, 0.29) is 0 Å². The first kappa shape index (κ1) is 29.5. The summed E-state index contributed by atoms with van der Waals surface area (Å²) in [5, 5.41) is 2.47. The van der Waals surface area contributed by atoms with Crippen molar-refractivity contribution in [1.82, 2.24) is 4.57 Å². The van der Waals surface area contributed by atoms with Gasteiger partial charge >= 0.3 is 0 Å². The van der Waals surface area contributed by atoms with E-state index >= 15 is 0 Å². The maximum absolute atomic E-state index is 2.39. The van der Waals surface area contributed by atoms with Crippen LogP contribution in [0.25, 0.3) is 49.7 Å². The number of aromatic nitrogens is 1. The van der Waals surface area contributed by atoms with Crippen LogP contribution in [0.15, 0.2) is 176 Å². The van der Waals surface area contributed by atoms with Crippen LogP contribution in [0.2, 0.25) is 0 Å². The molecule has 7 aromatic carbocycles. The second kappa shape index (κ2) is 12.7. The summed E-state index contributed by atoms with van der Waals surface area (Å²) >= 11 is 0. The number of anilines is 3. The van der Waals surface area contributed by atoms with Gasteiger partial charge in [-0.2, -0.15) is 0 Å². The van der Waals surface area contributed by atoms with Crippen molar-refractivity contribution in [2.75, 3.05) is 4.90 Å². The fourth-order valence-electron chi connectivity index (χ4n) is 6.88. The Morgan fingerprint density at radius 1 is 0.458 bits per heavy atom. The highest BCUT2D eigenvalue weighted by molar-refractivity contribution is 6.10. The van der Waals surface area contributed by atoms with Crippen LogP contribution in [-0.2, 0) is 0 Å². The third kappa shape index (κ3) is 5.46. The third-order valence-electron chi connectivity index (χ3n) is 9.71. The van der Waals surface area contributed by atoms with Crippen LogP contribution < -0.4 is 4.90 Å². The van der Waals surface area contributed by atoms with E-state index in [1.807, 2.05) is 0 Å². The lowest BCUT2D eigenvalue weighted by atomic mass is 9.96. The summed E-state index contributed by atoms with van der Waals surface area (Å²) in [4.78, 5) is 2.36. The summed E-state index contributed by atoms with van der Waals surface area (Å²) in [6, 6.07) is 63.8. The number of benzene rings is 7. The predicted molar refractivity (Wildman–Crippen MR) is 205 cm³/mol. The Morgan fingerprint density at radius 3 is 1.62 bits per heavy atom. The van der Waals surface area contributed by atoms with Crippen molar-refractivity contribution in [3.8, 4) is 27.9 Å². The molecule has 8 aromatic rings. The molecule has 0 fully saturated rings. The van der Waals surface area contributed by atoms with E-state index in [4.69, 9.17) is 0 Å². The van der Waals surface area contributed by atoms with E-state index in [1.165, 1.54) is 49.6 Å². The van der Waals surface area contributed by atoms with E-state index < -0.39 is 0 Å². The average Bonchev–Trinajstić information content (AvgIpc) is 3.49. The van der Waals surface area contributed by atoms with E-state index in [1.54, 1.807) is 0 Å². The topological polar surface area (TPSA) is 8.17 Å². The molecule has 0 spiro atoms. The van der Waals surface area contributed by atoms with Crippen LogP contribution in [0, 0.1) is 0 Å². The Kier molecular flexibility index (Phi) is 7.84. The van der Waals surface area contributed by atoms with Gasteiger partial charge in [-0.25, -0.2) is 0 Å². The molecule has 1 heterocycles. The number of hydrogen-bond acceptors (Lipinski definition) is 1. The second-order valence-corrected chi connectivity index (χ2v) is 12.6. The Labute approximate surface area is 283 Å². The molecule has 232 valence electrons. The second-order valence-electron chi connectivity index (χ2n) is 12.6. The van der Waals surface area contributed by atoms with Gasteiger partial charge in [0.1, 0.15) is 0 Å². The zero-order valence-corrected chi connectivity index (χ0v) is 27.4. The molecule has 48 heavy (non-hydrogen) atoms. The van der Waals surface area contributed by atoms with Crippen molar-refractivity contribution in [2.45, 2.75) is 26.2 Å². The highest BCUT2D eigenvalue weighted by atomic mass is 15.1. The first-order chi connectivity index (χ1) is 23.7. The fourth-order valence-corrected chi connectivity index (χ4v) is 6.88. The molecular formula is C46H38N2. The van der Waals surface area contributed by atoms with Crippen LogP contribution in [0.4, 0.5) is 17.1 Å². The molecule has 0 saturated carbocycles. The maximum atomic E-state index is 2.39. The quantitative estimate of drug-likeness (QED) is 0.164. The highest BCUT2D eigenvalue weighted by Gasteiger charge is 2.17. The molecule has 0 saturated heterocycles. The van der Waals surface area contributed by atoms with Gasteiger partial charge in [-0.1, -0.05) is 129 Å². The van der Waals surface area contributed by atoms with Crippen molar-refractivity contribution < 1.29 is 0 Å². The van der Waals surface area contributed by atoms with Gasteiger partial charge in [0.15, 0.2) is 0 Å². The normalized spacial score (nSPS) is 12.0. The molecule has 0 N–H and O–H groups in total. The van der Waals surface area contributed by atoms with Crippen molar-refractivity contribution in [2.24, 2.45) is 0 Å². The summed E-state index contributed by atoms with van der Waals surface area (Å²) in [5.74, 6) is 0.576. The third-order valence-corrected chi connectivity index (χ3v) is 9.71. The van der Waals surface area contributed by atoms with Gasteiger partial charge in [0, 0.05) is 33.5 Å². The molecule has 2 nitrogen and oxygen atoms in total. The lowest BCUT2D eigenvalue weighted by Crippen LogP contribution is -2.09. The Balaban J connectivity index is 1.20. The first-order valence-corrected chi connectivity index (χ1v) is 16.9. The minimum Gasteiger partial charge on any atom is -0.310 e. The van der Waals surface area contributed by atoms with Crippen molar-refractivity contribution in [1.29, 1.82) is 0 Å². The largest absolute Gasteiger partial charge is 0.310 e. The fraction of sp³-hybridized carbons (Fsp3) is 0.0870. The number of fused-ring (bicyclic) bond motifs is 3. The molecule has 0 aliphatic carbocycles. The number of hydrogen-bond donors (Lipinski definition) is 0. The van der Waals surface area contributed by atoms with Gasteiger partial charge in [-0.3, -0.25) is 0 Å². The van der Waals surface area contributed by atoms with Crippen LogP contribution in [0.1, 0.15) is 31.7 Å². The van der Waals surface area contributed by atoms with E-state index in [0.29, 0.717) is 5.92 Å². The lowest BCUT2D eigenvalue weighted by Gasteiger charge is -2.26. The zero-order chi connectivity index (χ0) is 32.5. The predicted octanol–water partition coefficient (Wildman–Crippen LogP) is 13.1. The number of rotatable bonds is 8. The average molecular weight is 619 g/mol. The lowest BCUT2D eigenvalue weighted by molar-refractivity contribution is 0.734. The molecule has 1 atom stereocenters. The minimum absolute atomic E-state index is 0.576. The van der Waals surface area contributed by atoms with Gasteiger partial charge in [-0.05, 0) is 101 Å². The van der Waals surface area contributed by atoms with Gasteiger partial charge in [0.25, 0.3) is 0 Å². The molecule has 0 aliphatic heterocycles. The number of para-hydroxylation sites is 2. The Bertz CT molecular complexity index is 2300. The molecular weight excluding hydrogens is 581 g/mol. The maximum Gasteiger partial charge on any atom is 0.0542 e. The van der Waals surface area contributed by atoms with E-state index in [0.717, 1.165) is 29.2 Å². The van der Waals surface area contributed by atoms with Crippen molar-refractivity contribution >= 4 is 38.9 Å². The summed E-state index contributed by atoms with van der Waals surface area (Å²) in [7, 11) is 0. The molecule has 2 heteroatoms. The van der Waals surface area contributed by atoms with Gasteiger partial charge in [0.05, 0.1) is 11.0 Å². The van der Waals surface area contributed by atoms with Gasteiger partial charge in [0.2, 0.25) is 0 Å². The zero-order valence-electron chi connectivity index (χ0n) is 27.4. The summed E-state index contributed by atoms with van der Waals surface area (Å²) in [5.41, 5.74) is 13.2. The van der Waals surface area contributed by atoms with Crippen molar-refractivity contribution in [3.05, 3.63) is 181 Å². The molecule has 8 rings (SSSR count). The molecule has 0 radical (unpaired) electrons. The molecule has 0 amide bonds. The summed E-state index contributed by atoms with van der Waals surface area (Å²) < 4.78 is 2.39. The van der Waals surface area contributed by atoms with Crippen LogP contribution in [0.5, 0.6) is 0 Å². The summed E-state index contributed by atoms with van der Waals surface area (Å²) in [6.07, 6.45) is 1.15. The molecule has 0 bridgehead atoms. The summed E-state index contributed by atoms with van der Waals surface area (Å²) in [6.45, 7) is 4.54. The monoisotopic (exact) mass is 618 g/mol.